The van der Waals surface area contributed by atoms with Crippen LogP contribution in [0, 0.1) is 5.82 Å². The maximum atomic E-state index is 13.0. The van der Waals surface area contributed by atoms with Crippen LogP contribution in [0.1, 0.15) is 12.5 Å². The first-order valence-electron chi connectivity index (χ1n) is 8.64. The summed E-state index contributed by atoms with van der Waals surface area (Å²) < 4.78 is 76.8. The summed E-state index contributed by atoms with van der Waals surface area (Å²) in [6.45, 7) is 0.496. The van der Waals surface area contributed by atoms with E-state index in [2.05, 4.69) is 5.32 Å². The topological polar surface area (TPSA) is 83.6 Å². The van der Waals surface area contributed by atoms with Crippen LogP contribution in [0.25, 0.3) is 0 Å². The van der Waals surface area contributed by atoms with Crippen LogP contribution < -0.4 is 5.32 Å². The first-order valence-corrected chi connectivity index (χ1v) is 10.6. The van der Waals surface area contributed by atoms with E-state index in [-0.39, 0.29) is 10.6 Å². The highest BCUT2D eigenvalue weighted by atomic mass is 35.5. The van der Waals surface area contributed by atoms with E-state index >= 15 is 0 Å². The van der Waals surface area contributed by atoms with E-state index < -0.39 is 56.0 Å². The lowest BCUT2D eigenvalue weighted by Crippen LogP contribution is -2.42. The maximum Gasteiger partial charge on any atom is 0.417 e. The summed E-state index contributed by atoms with van der Waals surface area (Å²) in [6, 6.07) is 6.65. The minimum atomic E-state index is -4.73. The lowest BCUT2D eigenvalue weighted by molar-refractivity contribution is -0.137. The van der Waals surface area contributed by atoms with Gasteiger partial charge in [-0.1, -0.05) is 11.6 Å². The molecule has 0 bridgehead atoms. The predicted octanol–water partition coefficient (Wildman–Crippen LogP) is 3.76. The van der Waals surface area contributed by atoms with Crippen LogP contribution >= 0.6 is 11.6 Å². The quantitative estimate of drug-likeness (QED) is 0.504. The SMILES string of the molecule is CC(C(=O)N(C)CC(=O)Nc1ccc(Cl)c(C(F)(F)F)c1)S(=O)(=O)c1ccc(F)cc1. The molecule has 0 spiro atoms. The molecule has 0 saturated carbocycles. The second-order valence-electron chi connectivity index (χ2n) is 6.58. The molecule has 1 unspecified atom stereocenters. The van der Waals surface area contributed by atoms with Crippen molar-refractivity contribution in [3.05, 3.63) is 58.9 Å². The standard InChI is InChI=1S/C19H17ClF4N2O4S/c1-11(31(29,30)14-6-3-12(21)4-7-14)18(28)26(2)10-17(27)25-13-5-8-16(20)15(9-13)19(22,23)24/h3-9,11H,10H2,1-2H3,(H,25,27). The fourth-order valence-electron chi connectivity index (χ4n) is 2.59. The van der Waals surface area contributed by atoms with Crippen molar-refractivity contribution in [3.8, 4) is 0 Å². The van der Waals surface area contributed by atoms with Gasteiger partial charge in [-0.2, -0.15) is 13.2 Å². The van der Waals surface area contributed by atoms with Crippen LogP contribution in [0.15, 0.2) is 47.4 Å². The molecule has 2 amide bonds. The molecule has 2 aromatic rings. The number of hydrogen-bond acceptors (Lipinski definition) is 4. The molecule has 12 heteroatoms. The number of halogens is 5. The van der Waals surface area contributed by atoms with E-state index in [1.54, 1.807) is 0 Å². The molecule has 0 heterocycles. The number of rotatable bonds is 6. The zero-order valence-corrected chi connectivity index (χ0v) is 17.8. The van der Waals surface area contributed by atoms with Crippen molar-refractivity contribution in [2.45, 2.75) is 23.2 Å². The zero-order valence-electron chi connectivity index (χ0n) is 16.2. The Labute approximate surface area is 180 Å². The Morgan fingerprint density at radius 3 is 2.26 bits per heavy atom. The molecule has 2 aromatic carbocycles. The van der Waals surface area contributed by atoms with Gasteiger partial charge in [0.15, 0.2) is 9.84 Å². The summed E-state index contributed by atoms with van der Waals surface area (Å²) >= 11 is 5.52. The highest BCUT2D eigenvalue weighted by Gasteiger charge is 2.34. The number of hydrogen-bond donors (Lipinski definition) is 1. The monoisotopic (exact) mass is 480 g/mol. The number of carbonyl (C=O) groups excluding carboxylic acids is 2. The first kappa shape index (κ1) is 24.6. The van der Waals surface area contributed by atoms with Gasteiger partial charge in [0, 0.05) is 12.7 Å². The Morgan fingerprint density at radius 2 is 1.71 bits per heavy atom. The minimum absolute atomic E-state index is 0.199. The number of nitrogens with zero attached hydrogens (tertiary/aromatic N) is 1. The molecule has 0 aliphatic heterocycles. The van der Waals surface area contributed by atoms with Crippen LogP contribution in [-0.4, -0.2) is 44.0 Å². The molecular weight excluding hydrogens is 464 g/mol. The van der Waals surface area contributed by atoms with Crippen molar-refractivity contribution < 1.29 is 35.6 Å². The Morgan fingerprint density at radius 1 is 1.13 bits per heavy atom. The lowest BCUT2D eigenvalue weighted by atomic mass is 10.2. The molecule has 31 heavy (non-hydrogen) atoms. The van der Waals surface area contributed by atoms with E-state index in [4.69, 9.17) is 11.6 Å². The zero-order chi connectivity index (χ0) is 23.6. The largest absolute Gasteiger partial charge is 0.417 e. The number of alkyl halides is 3. The number of benzene rings is 2. The van der Waals surface area contributed by atoms with Gasteiger partial charge in [0.2, 0.25) is 11.8 Å². The molecule has 0 fully saturated rings. The van der Waals surface area contributed by atoms with Gasteiger partial charge in [0.05, 0.1) is 22.0 Å². The molecule has 0 saturated heterocycles. The molecule has 6 nitrogen and oxygen atoms in total. The Bertz CT molecular complexity index is 1090. The van der Waals surface area contributed by atoms with Gasteiger partial charge in [-0.05, 0) is 49.4 Å². The van der Waals surface area contributed by atoms with E-state index in [1.807, 2.05) is 0 Å². The second-order valence-corrected chi connectivity index (χ2v) is 9.25. The molecule has 0 aromatic heterocycles. The normalized spacial score (nSPS) is 12.9. The smallest absolute Gasteiger partial charge is 0.335 e. The Kier molecular flexibility index (Phi) is 7.32. The van der Waals surface area contributed by atoms with Gasteiger partial charge < -0.3 is 10.2 Å². The summed E-state index contributed by atoms with van der Waals surface area (Å²) in [5.74, 6) is -2.42. The maximum absolute atomic E-state index is 13.0. The average molecular weight is 481 g/mol. The molecule has 0 aliphatic carbocycles. The number of sulfone groups is 1. The molecule has 0 radical (unpaired) electrons. The van der Waals surface area contributed by atoms with Crippen LogP contribution in [0.4, 0.5) is 23.2 Å². The van der Waals surface area contributed by atoms with Crippen LogP contribution in [-0.2, 0) is 25.6 Å². The van der Waals surface area contributed by atoms with Crippen molar-refractivity contribution in [2.24, 2.45) is 0 Å². The lowest BCUT2D eigenvalue weighted by Gasteiger charge is -2.21. The molecule has 168 valence electrons. The molecule has 1 N–H and O–H groups in total. The highest BCUT2D eigenvalue weighted by Crippen LogP contribution is 2.36. The molecule has 1 atom stereocenters. The van der Waals surface area contributed by atoms with E-state index in [0.717, 1.165) is 48.2 Å². The number of anilines is 1. The van der Waals surface area contributed by atoms with Gasteiger partial charge in [0.1, 0.15) is 11.1 Å². The van der Waals surface area contributed by atoms with Gasteiger partial charge in [-0.3, -0.25) is 9.59 Å². The summed E-state index contributed by atoms with van der Waals surface area (Å²) in [4.78, 5) is 25.2. The van der Waals surface area contributed by atoms with Crippen LogP contribution in [0.5, 0.6) is 0 Å². The van der Waals surface area contributed by atoms with E-state index in [9.17, 15) is 35.6 Å². The van der Waals surface area contributed by atoms with Crippen molar-refractivity contribution in [3.63, 3.8) is 0 Å². The van der Waals surface area contributed by atoms with Gasteiger partial charge >= 0.3 is 6.18 Å². The van der Waals surface area contributed by atoms with Crippen LogP contribution in [0.2, 0.25) is 5.02 Å². The number of likely N-dealkylation sites (N-methyl/N-ethyl adjacent to an activating group) is 1. The van der Waals surface area contributed by atoms with Gasteiger partial charge in [0.25, 0.3) is 0 Å². The fraction of sp³-hybridized carbons (Fsp3) is 0.263. The van der Waals surface area contributed by atoms with Crippen molar-refractivity contribution in [2.75, 3.05) is 18.9 Å². The number of nitrogens with one attached hydrogen (secondary N) is 1. The molecular formula is C19H17ClF4N2O4S. The summed E-state index contributed by atoms with van der Waals surface area (Å²) in [5.41, 5.74) is -1.34. The predicted molar refractivity (Wildman–Crippen MR) is 106 cm³/mol. The van der Waals surface area contributed by atoms with Crippen molar-refractivity contribution in [1.29, 1.82) is 0 Å². The first-order chi connectivity index (χ1) is 14.2. The summed E-state index contributed by atoms with van der Waals surface area (Å²) in [5, 5.41) is 0.0761. The van der Waals surface area contributed by atoms with E-state index in [1.165, 1.54) is 7.05 Å². The third-order valence-corrected chi connectivity index (χ3v) is 6.66. The molecule has 0 aliphatic rings. The Balaban J connectivity index is 2.09. The third kappa shape index (κ3) is 5.95. The second kappa shape index (κ2) is 9.23. The summed E-state index contributed by atoms with van der Waals surface area (Å²) in [6.07, 6.45) is -4.73. The van der Waals surface area contributed by atoms with Crippen molar-refractivity contribution in [1.82, 2.24) is 4.90 Å². The highest BCUT2D eigenvalue weighted by molar-refractivity contribution is 7.92. The van der Waals surface area contributed by atoms with Crippen LogP contribution in [0.3, 0.4) is 0 Å². The molecule has 2 rings (SSSR count). The van der Waals surface area contributed by atoms with Gasteiger partial charge in [-0.25, -0.2) is 12.8 Å². The Hall–Kier alpha value is -2.66. The van der Waals surface area contributed by atoms with Gasteiger partial charge in [-0.15, -0.1) is 0 Å². The minimum Gasteiger partial charge on any atom is -0.335 e. The fourth-order valence-corrected chi connectivity index (χ4v) is 4.18. The third-order valence-electron chi connectivity index (χ3n) is 4.27. The average Bonchev–Trinajstić information content (AvgIpc) is 2.67. The summed E-state index contributed by atoms with van der Waals surface area (Å²) in [7, 11) is -2.98. The van der Waals surface area contributed by atoms with Crippen molar-refractivity contribution >= 4 is 38.9 Å². The van der Waals surface area contributed by atoms with E-state index in [0.29, 0.717) is 6.07 Å². The number of amides is 2. The number of carbonyl (C=O) groups is 2.